The second-order valence-corrected chi connectivity index (χ2v) is 6.52. The highest BCUT2D eigenvalue weighted by molar-refractivity contribution is 5.76. The Balaban J connectivity index is 1.71. The summed E-state index contributed by atoms with van der Waals surface area (Å²) in [4.78, 5) is 13.1. The van der Waals surface area contributed by atoms with Crippen molar-refractivity contribution in [3.05, 3.63) is 48.0 Å². The molecule has 0 aliphatic heterocycles. The first kappa shape index (κ1) is 19.6. The number of aromatic nitrogens is 7. The fourth-order valence-corrected chi connectivity index (χ4v) is 2.96. The van der Waals surface area contributed by atoms with Crippen LogP contribution in [0, 0.1) is 0 Å². The van der Waals surface area contributed by atoms with Crippen LogP contribution in [0.2, 0.25) is 0 Å². The Morgan fingerprint density at radius 1 is 1.23 bits per heavy atom. The summed E-state index contributed by atoms with van der Waals surface area (Å²) in [5.74, 6) is 0.351. The molecule has 4 aromatic heterocycles. The summed E-state index contributed by atoms with van der Waals surface area (Å²) in [5, 5.41) is 23.7. The second kappa shape index (κ2) is 7.99. The molecule has 0 amide bonds. The van der Waals surface area contributed by atoms with E-state index in [1.807, 2.05) is 19.1 Å². The number of aliphatic hydroxyl groups excluding tert-OH is 1. The SMILES string of the molecule is C[C@H](O)c1nn([C@@H](C)c2cccnc2)c2nc(Nc3cc(OC(F)F)[nH]n3)cnc12. The highest BCUT2D eigenvalue weighted by Gasteiger charge is 2.22. The highest BCUT2D eigenvalue weighted by atomic mass is 19.3. The molecule has 4 heterocycles. The van der Waals surface area contributed by atoms with Crippen LogP contribution in [0.15, 0.2) is 36.8 Å². The molecule has 12 heteroatoms. The predicted octanol–water partition coefficient (Wildman–Crippen LogP) is 2.95. The summed E-state index contributed by atoms with van der Waals surface area (Å²) in [6.45, 7) is 0.568. The summed E-state index contributed by atoms with van der Waals surface area (Å²) >= 11 is 0. The molecular weight excluding hydrogens is 398 g/mol. The number of fused-ring (bicyclic) bond motifs is 1. The lowest BCUT2D eigenvalue weighted by molar-refractivity contribution is -0.0528. The van der Waals surface area contributed by atoms with Gasteiger partial charge in [0.25, 0.3) is 0 Å². The average molecular weight is 416 g/mol. The van der Waals surface area contributed by atoms with Gasteiger partial charge in [-0.15, -0.1) is 0 Å². The van der Waals surface area contributed by atoms with E-state index >= 15 is 0 Å². The minimum atomic E-state index is -2.96. The number of anilines is 2. The van der Waals surface area contributed by atoms with Crippen LogP contribution in [0.5, 0.6) is 5.88 Å². The van der Waals surface area contributed by atoms with Gasteiger partial charge in [0.05, 0.1) is 18.3 Å². The Bertz CT molecular complexity index is 1150. The van der Waals surface area contributed by atoms with E-state index in [9.17, 15) is 13.9 Å². The molecule has 0 spiro atoms. The van der Waals surface area contributed by atoms with Crippen molar-refractivity contribution in [1.29, 1.82) is 0 Å². The molecule has 0 bridgehead atoms. The monoisotopic (exact) mass is 416 g/mol. The first-order valence-corrected chi connectivity index (χ1v) is 9.02. The van der Waals surface area contributed by atoms with Crippen molar-refractivity contribution in [2.24, 2.45) is 0 Å². The standard InChI is InChI=1S/C18H18F2N8O2/c1-9(11-4-3-5-21-7-11)28-17-16(15(27-28)10(2)29)22-8-13(24-17)23-12-6-14(26-25-12)30-18(19)20/h3-10,18,29H,1-2H3,(H2,23,24,25,26)/t9-,10-/m0/s1. The Hall–Kier alpha value is -3.67. The smallest absolute Gasteiger partial charge is 0.388 e. The molecule has 0 saturated carbocycles. The van der Waals surface area contributed by atoms with Gasteiger partial charge >= 0.3 is 6.61 Å². The zero-order valence-electron chi connectivity index (χ0n) is 16.0. The largest absolute Gasteiger partial charge is 0.417 e. The zero-order valence-corrected chi connectivity index (χ0v) is 16.0. The van der Waals surface area contributed by atoms with Gasteiger partial charge < -0.3 is 15.2 Å². The number of aromatic amines is 1. The first-order chi connectivity index (χ1) is 14.4. The maximum absolute atomic E-state index is 12.3. The lowest BCUT2D eigenvalue weighted by Gasteiger charge is -2.13. The molecule has 2 atom stereocenters. The van der Waals surface area contributed by atoms with E-state index in [1.165, 1.54) is 12.3 Å². The van der Waals surface area contributed by atoms with Crippen molar-refractivity contribution in [3.8, 4) is 5.88 Å². The summed E-state index contributed by atoms with van der Waals surface area (Å²) in [7, 11) is 0. The number of aliphatic hydroxyl groups is 1. The highest BCUT2D eigenvalue weighted by Crippen LogP contribution is 2.27. The van der Waals surface area contributed by atoms with Crippen molar-refractivity contribution >= 4 is 22.8 Å². The van der Waals surface area contributed by atoms with E-state index in [1.54, 1.807) is 24.0 Å². The number of pyridine rings is 1. The molecule has 10 nitrogen and oxygen atoms in total. The van der Waals surface area contributed by atoms with E-state index < -0.39 is 12.7 Å². The van der Waals surface area contributed by atoms with Gasteiger partial charge in [0.1, 0.15) is 11.2 Å². The molecule has 0 radical (unpaired) electrons. The molecule has 0 aliphatic carbocycles. The lowest BCUT2D eigenvalue weighted by atomic mass is 10.1. The number of nitrogens with one attached hydrogen (secondary N) is 2. The number of H-pyrrole nitrogens is 1. The predicted molar refractivity (Wildman–Crippen MR) is 103 cm³/mol. The fourth-order valence-electron chi connectivity index (χ4n) is 2.96. The molecule has 0 unspecified atom stereocenters. The number of rotatable bonds is 7. The summed E-state index contributed by atoms with van der Waals surface area (Å²) in [5.41, 5.74) is 2.19. The molecule has 3 N–H and O–H groups in total. The van der Waals surface area contributed by atoms with Gasteiger partial charge in [-0.1, -0.05) is 6.07 Å². The Labute approximate surface area is 169 Å². The van der Waals surface area contributed by atoms with E-state index in [2.05, 4.69) is 40.3 Å². The summed E-state index contributed by atoms with van der Waals surface area (Å²) < 4.78 is 30.5. The van der Waals surface area contributed by atoms with Gasteiger partial charge in [0.15, 0.2) is 17.3 Å². The summed E-state index contributed by atoms with van der Waals surface area (Å²) in [6.07, 6.45) is 4.00. The normalized spacial score (nSPS) is 13.5. The Morgan fingerprint density at radius 2 is 2.07 bits per heavy atom. The third kappa shape index (κ3) is 3.89. The number of halogens is 2. The van der Waals surface area contributed by atoms with Gasteiger partial charge in [-0.3, -0.25) is 4.98 Å². The number of alkyl halides is 2. The van der Waals surface area contributed by atoms with Crippen molar-refractivity contribution in [2.45, 2.75) is 32.6 Å². The molecular formula is C18H18F2N8O2. The third-order valence-corrected chi connectivity index (χ3v) is 4.39. The number of hydrogen-bond acceptors (Lipinski definition) is 8. The second-order valence-electron chi connectivity index (χ2n) is 6.52. The van der Waals surface area contributed by atoms with Gasteiger partial charge in [-0.05, 0) is 25.5 Å². The van der Waals surface area contributed by atoms with Crippen LogP contribution >= 0.6 is 0 Å². The molecule has 0 saturated heterocycles. The van der Waals surface area contributed by atoms with Gasteiger partial charge in [0, 0.05) is 18.5 Å². The number of nitrogens with zero attached hydrogens (tertiary/aromatic N) is 6. The molecule has 0 fully saturated rings. The number of hydrogen-bond donors (Lipinski definition) is 3. The molecule has 0 aliphatic rings. The van der Waals surface area contributed by atoms with E-state index in [-0.39, 0.29) is 17.7 Å². The van der Waals surface area contributed by atoms with Crippen molar-refractivity contribution in [2.75, 3.05) is 5.32 Å². The van der Waals surface area contributed by atoms with Crippen LogP contribution in [-0.4, -0.2) is 46.6 Å². The molecule has 4 aromatic rings. The third-order valence-electron chi connectivity index (χ3n) is 4.39. The average Bonchev–Trinajstić information content (AvgIpc) is 3.31. The van der Waals surface area contributed by atoms with Crippen molar-refractivity contribution < 1.29 is 18.6 Å². The Kier molecular flexibility index (Phi) is 5.23. The van der Waals surface area contributed by atoms with Crippen LogP contribution in [0.4, 0.5) is 20.4 Å². The molecule has 156 valence electrons. The maximum atomic E-state index is 12.3. The zero-order chi connectivity index (χ0) is 21.3. The Morgan fingerprint density at radius 3 is 2.77 bits per heavy atom. The summed E-state index contributed by atoms with van der Waals surface area (Å²) in [6, 6.07) is 4.78. The van der Waals surface area contributed by atoms with Crippen LogP contribution < -0.4 is 10.1 Å². The van der Waals surface area contributed by atoms with Gasteiger partial charge in [-0.2, -0.15) is 19.0 Å². The van der Waals surface area contributed by atoms with Gasteiger partial charge in [-0.25, -0.2) is 19.7 Å². The quantitative estimate of drug-likeness (QED) is 0.420. The maximum Gasteiger partial charge on any atom is 0.388 e. The minimum absolute atomic E-state index is 0.187. The number of ether oxygens (including phenoxy) is 1. The topological polar surface area (TPSA) is 127 Å². The molecule has 30 heavy (non-hydrogen) atoms. The van der Waals surface area contributed by atoms with Crippen molar-refractivity contribution in [1.82, 2.24) is 34.9 Å². The van der Waals surface area contributed by atoms with E-state index in [0.29, 0.717) is 22.7 Å². The van der Waals surface area contributed by atoms with E-state index in [0.717, 1.165) is 5.56 Å². The first-order valence-electron chi connectivity index (χ1n) is 9.02. The lowest BCUT2D eigenvalue weighted by Crippen LogP contribution is -2.10. The fraction of sp³-hybridized carbons (Fsp3) is 0.278. The van der Waals surface area contributed by atoms with Crippen LogP contribution in [-0.2, 0) is 0 Å². The molecule has 4 rings (SSSR count). The van der Waals surface area contributed by atoms with E-state index in [4.69, 9.17) is 0 Å². The van der Waals surface area contributed by atoms with Crippen LogP contribution in [0.3, 0.4) is 0 Å². The molecule has 0 aromatic carbocycles. The van der Waals surface area contributed by atoms with Gasteiger partial charge in [0.2, 0.25) is 5.88 Å². The van der Waals surface area contributed by atoms with Crippen LogP contribution in [0.25, 0.3) is 11.2 Å². The van der Waals surface area contributed by atoms with Crippen LogP contribution in [0.1, 0.15) is 37.3 Å². The minimum Gasteiger partial charge on any atom is -0.417 e. The van der Waals surface area contributed by atoms with Crippen molar-refractivity contribution in [3.63, 3.8) is 0 Å².